The first-order valence-corrected chi connectivity index (χ1v) is 8.90. The number of rotatable bonds is 3. The van der Waals surface area contributed by atoms with E-state index < -0.39 is 5.38 Å². The molecule has 0 saturated carbocycles. The number of nitrogens with zero attached hydrogens (tertiary/aromatic N) is 1. The fourth-order valence-corrected chi connectivity index (χ4v) is 4.47. The molecule has 1 N–H and O–H groups in total. The minimum atomic E-state index is -0.763. The number of alkyl halides is 1. The number of nitrogens with one attached hydrogen (secondary N) is 1. The van der Waals surface area contributed by atoms with Crippen LogP contribution in [0.5, 0.6) is 0 Å². The van der Waals surface area contributed by atoms with Crippen molar-refractivity contribution >= 4 is 33.8 Å². The molecule has 2 atom stereocenters. The van der Waals surface area contributed by atoms with Crippen LogP contribution in [0.25, 0.3) is 0 Å². The summed E-state index contributed by atoms with van der Waals surface area (Å²) in [7, 11) is 0. The fraction of sp³-hybridized carbons (Fsp3) is 0.333. The minimum Gasteiger partial charge on any atom is -0.315 e. The molecular weight excluding hydrogens is 328 g/mol. The van der Waals surface area contributed by atoms with Gasteiger partial charge in [-0.15, -0.1) is 22.9 Å². The van der Waals surface area contributed by atoms with Gasteiger partial charge in [-0.3, -0.25) is 4.79 Å². The van der Waals surface area contributed by atoms with E-state index in [0.717, 1.165) is 30.4 Å². The van der Waals surface area contributed by atoms with E-state index in [1.165, 1.54) is 16.2 Å². The number of benzene rings is 1. The number of hydrogen-bond acceptors (Lipinski definition) is 3. The van der Waals surface area contributed by atoms with Crippen molar-refractivity contribution in [3.63, 3.8) is 0 Å². The topological polar surface area (TPSA) is 52.9 Å². The van der Waals surface area contributed by atoms with Crippen LogP contribution in [0.2, 0.25) is 0 Å². The monoisotopic (exact) mass is 344 g/mol. The summed E-state index contributed by atoms with van der Waals surface area (Å²) in [4.78, 5) is 13.6. The van der Waals surface area contributed by atoms with Crippen LogP contribution in [0.3, 0.4) is 0 Å². The van der Waals surface area contributed by atoms with E-state index in [4.69, 9.17) is 11.6 Å². The summed E-state index contributed by atoms with van der Waals surface area (Å²) < 4.78 is 0. The van der Waals surface area contributed by atoms with Crippen molar-refractivity contribution in [3.05, 3.63) is 51.9 Å². The zero-order valence-electron chi connectivity index (χ0n) is 12.8. The van der Waals surface area contributed by atoms with Crippen molar-refractivity contribution in [1.29, 1.82) is 5.26 Å². The lowest BCUT2D eigenvalue weighted by Gasteiger charge is -2.17. The van der Waals surface area contributed by atoms with Crippen molar-refractivity contribution in [3.8, 4) is 6.07 Å². The number of halogens is 1. The average molecular weight is 345 g/mol. The van der Waals surface area contributed by atoms with Crippen LogP contribution in [0.1, 0.15) is 40.3 Å². The van der Waals surface area contributed by atoms with Gasteiger partial charge in [0.05, 0.1) is 5.56 Å². The van der Waals surface area contributed by atoms with Crippen LogP contribution in [0, 0.1) is 17.2 Å². The van der Waals surface area contributed by atoms with Gasteiger partial charge in [-0.2, -0.15) is 5.26 Å². The summed E-state index contributed by atoms with van der Waals surface area (Å²) >= 11 is 7.78. The molecule has 1 aromatic carbocycles. The summed E-state index contributed by atoms with van der Waals surface area (Å²) in [5, 5.41) is 12.2. The Morgan fingerprint density at radius 1 is 1.43 bits per heavy atom. The summed E-state index contributed by atoms with van der Waals surface area (Å²) in [6.45, 7) is 2.22. The van der Waals surface area contributed by atoms with Gasteiger partial charge in [0.15, 0.2) is 0 Å². The number of thiophene rings is 1. The molecule has 0 radical (unpaired) electrons. The number of carbonyl (C=O) groups is 1. The molecule has 3 nitrogen and oxygen atoms in total. The molecule has 118 valence electrons. The smallest absolute Gasteiger partial charge is 0.247 e. The van der Waals surface area contributed by atoms with Gasteiger partial charge in [-0.25, -0.2) is 0 Å². The van der Waals surface area contributed by atoms with Crippen LogP contribution in [-0.2, 0) is 17.6 Å². The molecule has 0 spiro atoms. The summed E-state index contributed by atoms with van der Waals surface area (Å²) in [6, 6.07) is 11.5. The average Bonchev–Trinajstić information content (AvgIpc) is 2.90. The molecule has 5 heteroatoms. The molecular formula is C18H17ClN2OS. The third-order valence-corrected chi connectivity index (χ3v) is 5.80. The Hall–Kier alpha value is -1.83. The normalized spacial score (nSPS) is 17.9. The first-order chi connectivity index (χ1) is 11.1. The zero-order valence-corrected chi connectivity index (χ0v) is 14.4. The standard InChI is InChI=1S/C18H17ClN2OS/c1-11-7-8-13-14(10-20)18(23-15(13)9-11)21-17(22)16(19)12-5-3-2-4-6-12/h2-6,11,16H,7-9H2,1H3,(H,21,22)/t11-,16-/m1/s1. The molecule has 1 aliphatic carbocycles. The summed E-state index contributed by atoms with van der Waals surface area (Å²) in [5.74, 6) is 0.336. The molecule has 3 rings (SSSR count). The SMILES string of the molecule is C[C@@H]1CCc2c(sc(NC(=O)[C@H](Cl)c3ccccc3)c2C#N)C1. The molecule has 0 unspecified atom stereocenters. The Labute approximate surface area is 144 Å². The molecule has 0 saturated heterocycles. The van der Waals surface area contributed by atoms with E-state index in [-0.39, 0.29) is 5.91 Å². The Balaban J connectivity index is 1.83. The number of fused-ring (bicyclic) bond motifs is 1. The van der Waals surface area contributed by atoms with Gasteiger partial charge >= 0.3 is 0 Å². The third kappa shape index (κ3) is 3.26. The Bertz CT molecular complexity index is 763. The van der Waals surface area contributed by atoms with Crippen molar-refractivity contribution < 1.29 is 4.79 Å². The Morgan fingerprint density at radius 3 is 2.87 bits per heavy atom. The third-order valence-electron chi connectivity index (χ3n) is 4.18. The number of nitriles is 1. The van der Waals surface area contributed by atoms with Crippen LogP contribution in [-0.4, -0.2) is 5.91 Å². The lowest BCUT2D eigenvalue weighted by molar-refractivity contribution is -0.115. The second-order valence-corrected chi connectivity index (χ2v) is 7.47. The highest BCUT2D eigenvalue weighted by Gasteiger charge is 2.26. The Morgan fingerprint density at radius 2 is 2.17 bits per heavy atom. The van der Waals surface area contributed by atoms with E-state index in [0.29, 0.717) is 16.5 Å². The molecule has 1 heterocycles. The van der Waals surface area contributed by atoms with Crippen molar-refractivity contribution in [2.24, 2.45) is 5.92 Å². The number of amides is 1. The molecule has 0 aliphatic heterocycles. The second kappa shape index (κ2) is 6.74. The fourth-order valence-electron chi connectivity index (χ4n) is 2.91. The lowest BCUT2D eigenvalue weighted by atomic mass is 9.88. The van der Waals surface area contributed by atoms with E-state index in [1.807, 2.05) is 30.3 Å². The predicted octanol–water partition coefficient (Wildman–Crippen LogP) is 4.66. The molecule has 2 aromatic rings. The first-order valence-electron chi connectivity index (χ1n) is 7.64. The second-order valence-electron chi connectivity index (χ2n) is 5.93. The molecule has 1 aliphatic rings. The highest BCUT2D eigenvalue weighted by atomic mass is 35.5. The summed E-state index contributed by atoms with van der Waals surface area (Å²) in [5.41, 5.74) is 2.47. The minimum absolute atomic E-state index is 0.291. The van der Waals surface area contributed by atoms with E-state index >= 15 is 0 Å². The zero-order chi connectivity index (χ0) is 16.4. The maximum absolute atomic E-state index is 12.4. The van der Waals surface area contributed by atoms with Gasteiger partial charge in [-0.05, 0) is 36.3 Å². The number of carbonyl (C=O) groups excluding carboxylic acids is 1. The van der Waals surface area contributed by atoms with Crippen LogP contribution < -0.4 is 5.32 Å². The van der Waals surface area contributed by atoms with E-state index in [1.54, 1.807) is 0 Å². The highest BCUT2D eigenvalue weighted by Crippen LogP contribution is 2.39. The number of hydrogen-bond donors (Lipinski definition) is 1. The van der Waals surface area contributed by atoms with E-state index in [9.17, 15) is 10.1 Å². The molecule has 1 aromatic heterocycles. The Kier molecular flexibility index (Phi) is 4.70. The van der Waals surface area contributed by atoms with Crippen molar-refractivity contribution in [2.45, 2.75) is 31.6 Å². The lowest BCUT2D eigenvalue weighted by Crippen LogP contribution is -2.17. The quantitative estimate of drug-likeness (QED) is 0.823. The molecule has 23 heavy (non-hydrogen) atoms. The maximum Gasteiger partial charge on any atom is 0.247 e. The summed E-state index contributed by atoms with van der Waals surface area (Å²) in [6.07, 6.45) is 2.98. The van der Waals surface area contributed by atoms with Gasteiger partial charge in [0.2, 0.25) is 5.91 Å². The largest absolute Gasteiger partial charge is 0.315 e. The molecule has 0 fully saturated rings. The van der Waals surface area contributed by atoms with Crippen molar-refractivity contribution in [2.75, 3.05) is 5.32 Å². The van der Waals surface area contributed by atoms with Crippen molar-refractivity contribution in [1.82, 2.24) is 0 Å². The first kappa shape index (κ1) is 16.0. The number of anilines is 1. The van der Waals surface area contributed by atoms with Gasteiger partial charge in [0, 0.05) is 4.88 Å². The van der Waals surface area contributed by atoms with Crippen LogP contribution in [0.15, 0.2) is 30.3 Å². The van der Waals surface area contributed by atoms with Gasteiger partial charge in [-0.1, -0.05) is 37.3 Å². The predicted molar refractivity (Wildman–Crippen MR) is 93.9 cm³/mol. The van der Waals surface area contributed by atoms with Crippen LogP contribution in [0.4, 0.5) is 5.00 Å². The van der Waals surface area contributed by atoms with Gasteiger partial charge < -0.3 is 5.32 Å². The van der Waals surface area contributed by atoms with Gasteiger partial charge in [0.1, 0.15) is 16.4 Å². The molecule has 1 amide bonds. The molecule has 0 bridgehead atoms. The maximum atomic E-state index is 12.4. The van der Waals surface area contributed by atoms with Gasteiger partial charge in [0.25, 0.3) is 0 Å². The van der Waals surface area contributed by atoms with E-state index in [2.05, 4.69) is 18.3 Å². The highest BCUT2D eigenvalue weighted by molar-refractivity contribution is 7.16. The van der Waals surface area contributed by atoms with Crippen LogP contribution >= 0.6 is 22.9 Å².